The molecule has 0 saturated carbocycles. The normalized spacial score (nSPS) is 23.5. The van der Waals surface area contributed by atoms with Crippen molar-refractivity contribution in [1.29, 1.82) is 0 Å². The number of ether oxygens (including phenoxy) is 1. The van der Waals surface area contributed by atoms with Crippen molar-refractivity contribution in [2.75, 3.05) is 11.5 Å². The Morgan fingerprint density at radius 3 is 2.37 bits per heavy atom. The highest BCUT2D eigenvalue weighted by Crippen LogP contribution is 2.32. The summed E-state index contributed by atoms with van der Waals surface area (Å²) in [5.41, 5.74) is 0.748. The van der Waals surface area contributed by atoms with E-state index < -0.39 is 15.9 Å². The van der Waals surface area contributed by atoms with Crippen LogP contribution in [0, 0.1) is 5.92 Å². The Hall–Kier alpha value is -1.07. The van der Waals surface area contributed by atoms with Crippen molar-refractivity contribution in [3.63, 3.8) is 0 Å². The minimum atomic E-state index is -2.96. The van der Waals surface area contributed by atoms with E-state index in [1.54, 1.807) is 12.1 Å². The van der Waals surface area contributed by atoms with E-state index in [9.17, 15) is 13.5 Å². The molecule has 2 atom stereocenters. The van der Waals surface area contributed by atoms with Gasteiger partial charge >= 0.3 is 0 Å². The highest BCUT2D eigenvalue weighted by atomic mass is 32.2. The molecule has 0 spiro atoms. The van der Waals surface area contributed by atoms with Crippen LogP contribution in [0.5, 0.6) is 5.75 Å². The van der Waals surface area contributed by atoms with Gasteiger partial charge < -0.3 is 9.84 Å². The van der Waals surface area contributed by atoms with Crippen LogP contribution in [0.3, 0.4) is 0 Å². The Balaban J connectivity index is 2.06. The summed E-state index contributed by atoms with van der Waals surface area (Å²) in [6.07, 6.45) is -0.0746. The zero-order valence-electron chi connectivity index (χ0n) is 11.2. The van der Waals surface area contributed by atoms with Gasteiger partial charge in [0.1, 0.15) is 5.75 Å². The first kappa shape index (κ1) is 14.3. The van der Waals surface area contributed by atoms with Gasteiger partial charge in [0.15, 0.2) is 9.84 Å². The third kappa shape index (κ3) is 3.70. The Morgan fingerprint density at radius 2 is 1.89 bits per heavy atom. The maximum Gasteiger partial charge on any atom is 0.150 e. The summed E-state index contributed by atoms with van der Waals surface area (Å²) in [7, 11) is -2.96. The van der Waals surface area contributed by atoms with Crippen molar-refractivity contribution in [2.45, 2.75) is 32.5 Å². The molecule has 1 aliphatic rings. The summed E-state index contributed by atoms with van der Waals surface area (Å²) in [5.74, 6) is 0.827. The van der Waals surface area contributed by atoms with Crippen LogP contribution in [0.15, 0.2) is 24.3 Å². The lowest BCUT2D eigenvalue weighted by Crippen LogP contribution is -2.14. The number of aliphatic hydroxyl groups excluding tert-OH is 1. The van der Waals surface area contributed by atoms with E-state index in [0.717, 1.165) is 11.3 Å². The lowest BCUT2D eigenvalue weighted by atomic mass is 9.95. The molecule has 1 heterocycles. The summed E-state index contributed by atoms with van der Waals surface area (Å²) in [4.78, 5) is 0. The standard InChI is InChI=1S/C14H20O4S/c1-10(2)18-13-5-3-11(4-6-13)14(15)12-7-8-19(16,17)9-12/h3-6,10,12,14-15H,7-9H2,1-2H3. The van der Waals surface area contributed by atoms with Crippen molar-refractivity contribution < 1.29 is 18.3 Å². The fourth-order valence-corrected chi connectivity index (χ4v) is 4.19. The first-order valence-electron chi connectivity index (χ1n) is 6.52. The molecule has 0 bridgehead atoms. The van der Waals surface area contributed by atoms with Crippen LogP contribution in [0.4, 0.5) is 0 Å². The van der Waals surface area contributed by atoms with Gasteiger partial charge in [0, 0.05) is 5.92 Å². The second-order valence-electron chi connectivity index (χ2n) is 5.34. The van der Waals surface area contributed by atoms with Gasteiger partial charge in [0.2, 0.25) is 0 Å². The van der Waals surface area contributed by atoms with Crippen LogP contribution in [0.1, 0.15) is 31.9 Å². The lowest BCUT2D eigenvalue weighted by molar-refractivity contribution is 0.121. The molecule has 1 aromatic carbocycles. The van der Waals surface area contributed by atoms with E-state index in [-0.39, 0.29) is 23.5 Å². The minimum absolute atomic E-state index is 0.0818. The summed E-state index contributed by atoms with van der Waals surface area (Å²) in [6.45, 7) is 3.90. The van der Waals surface area contributed by atoms with Crippen LogP contribution in [0.2, 0.25) is 0 Å². The molecule has 2 rings (SSSR count). The molecule has 1 N–H and O–H groups in total. The van der Waals surface area contributed by atoms with E-state index in [0.29, 0.717) is 6.42 Å². The second-order valence-corrected chi connectivity index (χ2v) is 7.57. The molecule has 1 aliphatic heterocycles. The van der Waals surface area contributed by atoms with Crippen LogP contribution in [0.25, 0.3) is 0 Å². The molecule has 5 heteroatoms. The van der Waals surface area contributed by atoms with Crippen molar-refractivity contribution in [2.24, 2.45) is 5.92 Å². The van der Waals surface area contributed by atoms with Crippen LogP contribution in [-0.4, -0.2) is 31.1 Å². The van der Waals surface area contributed by atoms with Crippen LogP contribution >= 0.6 is 0 Å². The molecule has 4 nitrogen and oxygen atoms in total. The Bertz CT molecular complexity index is 519. The van der Waals surface area contributed by atoms with E-state index >= 15 is 0 Å². The fourth-order valence-electron chi connectivity index (χ4n) is 2.36. The molecule has 1 saturated heterocycles. The van der Waals surface area contributed by atoms with Gasteiger partial charge in [-0.2, -0.15) is 0 Å². The van der Waals surface area contributed by atoms with Gasteiger partial charge in [-0.3, -0.25) is 0 Å². The molecule has 0 aromatic heterocycles. The Morgan fingerprint density at radius 1 is 1.26 bits per heavy atom. The van der Waals surface area contributed by atoms with E-state index in [2.05, 4.69) is 0 Å². The third-order valence-electron chi connectivity index (χ3n) is 3.31. The van der Waals surface area contributed by atoms with Gasteiger partial charge in [-0.05, 0) is 38.0 Å². The predicted molar refractivity (Wildman–Crippen MR) is 73.9 cm³/mol. The second kappa shape index (κ2) is 5.51. The molecule has 1 aromatic rings. The summed E-state index contributed by atoms with van der Waals surface area (Å²) in [6, 6.07) is 7.21. The van der Waals surface area contributed by atoms with E-state index in [1.807, 2.05) is 26.0 Å². The minimum Gasteiger partial charge on any atom is -0.491 e. The number of hydrogen-bond donors (Lipinski definition) is 1. The predicted octanol–water partition coefficient (Wildman–Crippen LogP) is 1.94. The smallest absolute Gasteiger partial charge is 0.150 e. The van der Waals surface area contributed by atoms with Crippen LogP contribution in [-0.2, 0) is 9.84 Å². The van der Waals surface area contributed by atoms with Crippen molar-refractivity contribution in [3.05, 3.63) is 29.8 Å². The monoisotopic (exact) mass is 284 g/mol. The maximum atomic E-state index is 11.4. The first-order valence-corrected chi connectivity index (χ1v) is 8.34. The maximum absolute atomic E-state index is 11.4. The zero-order chi connectivity index (χ0) is 14.0. The molecular weight excluding hydrogens is 264 g/mol. The van der Waals surface area contributed by atoms with Gasteiger partial charge in [-0.1, -0.05) is 12.1 Å². The highest BCUT2D eigenvalue weighted by Gasteiger charge is 2.33. The first-order chi connectivity index (χ1) is 8.87. The lowest BCUT2D eigenvalue weighted by Gasteiger charge is -2.17. The van der Waals surface area contributed by atoms with Gasteiger partial charge in [0.25, 0.3) is 0 Å². The molecule has 0 aliphatic carbocycles. The van der Waals surface area contributed by atoms with Gasteiger partial charge in [-0.25, -0.2) is 8.42 Å². The number of hydrogen-bond acceptors (Lipinski definition) is 4. The topological polar surface area (TPSA) is 63.6 Å². The highest BCUT2D eigenvalue weighted by molar-refractivity contribution is 7.91. The molecule has 0 amide bonds. The molecule has 106 valence electrons. The van der Waals surface area contributed by atoms with E-state index in [4.69, 9.17) is 4.74 Å². The molecule has 2 unspecified atom stereocenters. The van der Waals surface area contributed by atoms with Crippen molar-refractivity contribution >= 4 is 9.84 Å². The third-order valence-corrected chi connectivity index (χ3v) is 5.10. The molecule has 19 heavy (non-hydrogen) atoms. The quantitative estimate of drug-likeness (QED) is 0.917. The molecule has 1 fully saturated rings. The van der Waals surface area contributed by atoms with Crippen molar-refractivity contribution in [3.8, 4) is 5.75 Å². The summed E-state index contributed by atoms with van der Waals surface area (Å²) in [5, 5.41) is 10.2. The molecular formula is C14H20O4S. The zero-order valence-corrected chi connectivity index (χ0v) is 12.1. The average molecular weight is 284 g/mol. The summed E-state index contributed by atoms with van der Waals surface area (Å²) < 4.78 is 28.4. The molecule has 0 radical (unpaired) electrons. The summed E-state index contributed by atoms with van der Waals surface area (Å²) >= 11 is 0. The average Bonchev–Trinajstić information content (AvgIpc) is 2.69. The number of benzene rings is 1. The van der Waals surface area contributed by atoms with Crippen LogP contribution < -0.4 is 4.74 Å². The number of aliphatic hydroxyl groups is 1. The van der Waals surface area contributed by atoms with Gasteiger partial charge in [0.05, 0.1) is 23.7 Å². The van der Waals surface area contributed by atoms with Gasteiger partial charge in [-0.15, -0.1) is 0 Å². The SMILES string of the molecule is CC(C)Oc1ccc(C(O)C2CCS(=O)(=O)C2)cc1. The number of sulfone groups is 1. The van der Waals surface area contributed by atoms with E-state index in [1.165, 1.54) is 0 Å². The Labute approximate surface area is 114 Å². The van der Waals surface area contributed by atoms with Crippen molar-refractivity contribution in [1.82, 2.24) is 0 Å². The largest absolute Gasteiger partial charge is 0.491 e. The fraction of sp³-hybridized carbons (Fsp3) is 0.571. The number of rotatable bonds is 4. The Kier molecular flexibility index (Phi) is 4.16.